The largest absolute Gasteiger partial charge is 0.480 e. The first-order chi connectivity index (χ1) is 8.09. The highest BCUT2D eigenvalue weighted by Crippen LogP contribution is 2.25. The molecule has 104 valence electrons. The number of rotatable bonds is 3. The van der Waals surface area contributed by atoms with E-state index in [4.69, 9.17) is 5.11 Å². The van der Waals surface area contributed by atoms with E-state index in [0.717, 1.165) is 12.7 Å². The molecule has 0 aromatic rings. The number of likely N-dealkylation sites (tertiary alicyclic amines) is 1. The van der Waals surface area contributed by atoms with Gasteiger partial charge >= 0.3 is 5.97 Å². The van der Waals surface area contributed by atoms with Crippen LogP contribution in [0.15, 0.2) is 0 Å². The third kappa shape index (κ3) is 2.66. The molecule has 0 aromatic heterocycles. The van der Waals surface area contributed by atoms with Crippen molar-refractivity contribution < 1.29 is 23.1 Å². The lowest BCUT2D eigenvalue weighted by molar-refractivity contribution is -0.152. The summed E-state index contributed by atoms with van der Waals surface area (Å²) >= 11 is 0. The lowest BCUT2D eigenvalue weighted by Crippen LogP contribution is -2.56. The molecular formula is C11H19NO5S. The molecule has 1 N–H and O–H groups in total. The first-order valence-corrected chi connectivity index (χ1v) is 7.71. The zero-order valence-electron chi connectivity index (χ0n) is 10.8. The number of carbonyl (C=O) groups is 2. The van der Waals surface area contributed by atoms with E-state index >= 15 is 0 Å². The SMILES string of the molecule is CC(C)(C(=O)N1CCCC[C@@H]1C(=O)O)S(C)(=O)=O. The number of nitrogens with zero attached hydrogens (tertiary/aromatic N) is 1. The molecule has 1 aliphatic rings. The average Bonchev–Trinajstić information content (AvgIpc) is 2.26. The normalized spacial score (nSPS) is 21.7. The number of hydrogen-bond donors (Lipinski definition) is 1. The molecule has 0 aliphatic carbocycles. The highest BCUT2D eigenvalue weighted by Gasteiger charge is 2.45. The summed E-state index contributed by atoms with van der Waals surface area (Å²) in [5.41, 5.74) is 0. The number of hydrogen-bond acceptors (Lipinski definition) is 4. The standard InChI is InChI=1S/C11H19NO5S/c1-11(2,18(3,16)17)10(15)12-7-5-4-6-8(12)9(13)14/h8H,4-7H2,1-3H3,(H,13,14)/t8-/m1/s1. The van der Waals surface area contributed by atoms with Gasteiger partial charge in [0.05, 0.1) is 0 Å². The van der Waals surface area contributed by atoms with Crippen LogP contribution in [0, 0.1) is 0 Å². The van der Waals surface area contributed by atoms with Gasteiger partial charge in [-0.2, -0.15) is 0 Å². The Morgan fingerprint density at radius 1 is 1.28 bits per heavy atom. The van der Waals surface area contributed by atoms with Gasteiger partial charge in [0, 0.05) is 12.8 Å². The van der Waals surface area contributed by atoms with E-state index in [1.54, 1.807) is 0 Å². The van der Waals surface area contributed by atoms with Gasteiger partial charge in [0.2, 0.25) is 5.91 Å². The summed E-state index contributed by atoms with van der Waals surface area (Å²) in [6, 6.07) is -0.910. The molecule has 1 fully saturated rings. The van der Waals surface area contributed by atoms with E-state index in [2.05, 4.69) is 0 Å². The van der Waals surface area contributed by atoms with Crippen LogP contribution in [0.1, 0.15) is 33.1 Å². The van der Waals surface area contributed by atoms with E-state index in [9.17, 15) is 18.0 Å². The molecule has 1 atom stereocenters. The molecule has 0 radical (unpaired) electrons. The van der Waals surface area contributed by atoms with E-state index in [0.29, 0.717) is 19.4 Å². The number of aliphatic carboxylic acids is 1. The monoisotopic (exact) mass is 277 g/mol. The predicted molar refractivity (Wildman–Crippen MR) is 65.9 cm³/mol. The zero-order valence-corrected chi connectivity index (χ0v) is 11.7. The fraction of sp³-hybridized carbons (Fsp3) is 0.818. The number of sulfone groups is 1. The van der Waals surface area contributed by atoms with Crippen LogP contribution in [0.4, 0.5) is 0 Å². The van der Waals surface area contributed by atoms with Gasteiger partial charge in [-0.25, -0.2) is 13.2 Å². The van der Waals surface area contributed by atoms with Crippen LogP contribution in [0.25, 0.3) is 0 Å². The van der Waals surface area contributed by atoms with Crippen molar-refractivity contribution in [1.29, 1.82) is 0 Å². The molecule has 1 amide bonds. The summed E-state index contributed by atoms with van der Waals surface area (Å²) < 4.78 is 21.7. The Labute approximate surface area is 107 Å². The van der Waals surface area contributed by atoms with E-state index in [-0.39, 0.29) is 0 Å². The van der Waals surface area contributed by atoms with Crippen LogP contribution >= 0.6 is 0 Å². The second-order valence-electron chi connectivity index (χ2n) is 5.13. The van der Waals surface area contributed by atoms with E-state index in [1.807, 2.05) is 0 Å². The maximum absolute atomic E-state index is 12.3. The van der Waals surface area contributed by atoms with Crippen molar-refractivity contribution in [1.82, 2.24) is 4.90 Å². The van der Waals surface area contributed by atoms with Crippen molar-refractivity contribution >= 4 is 21.7 Å². The molecule has 0 spiro atoms. The maximum atomic E-state index is 12.3. The molecule has 1 heterocycles. The quantitative estimate of drug-likeness (QED) is 0.799. The molecular weight excluding hydrogens is 258 g/mol. The van der Waals surface area contributed by atoms with Crippen molar-refractivity contribution in [2.75, 3.05) is 12.8 Å². The maximum Gasteiger partial charge on any atom is 0.326 e. The number of carboxylic acids is 1. The van der Waals surface area contributed by atoms with Crippen molar-refractivity contribution in [2.24, 2.45) is 0 Å². The van der Waals surface area contributed by atoms with Gasteiger partial charge in [-0.1, -0.05) is 0 Å². The van der Waals surface area contributed by atoms with Gasteiger partial charge in [0.1, 0.15) is 10.8 Å². The molecule has 0 aromatic carbocycles. The van der Waals surface area contributed by atoms with Crippen LogP contribution in [0.3, 0.4) is 0 Å². The first-order valence-electron chi connectivity index (χ1n) is 5.82. The summed E-state index contributed by atoms with van der Waals surface area (Å²) in [5, 5.41) is 9.08. The van der Waals surface area contributed by atoms with E-state index in [1.165, 1.54) is 18.7 Å². The van der Waals surface area contributed by atoms with Crippen molar-refractivity contribution in [2.45, 2.75) is 43.9 Å². The molecule has 1 rings (SSSR count). The van der Waals surface area contributed by atoms with Crippen molar-refractivity contribution in [3.63, 3.8) is 0 Å². The number of piperidine rings is 1. The number of carbonyl (C=O) groups excluding carboxylic acids is 1. The highest BCUT2D eigenvalue weighted by molar-refractivity contribution is 7.92. The van der Waals surface area contributed by atoms with Gasteiger partial charge in [-0.05, 0) is 33.1 Å². The third-order valence-corrected chi connectivity index (χ3v) is 5.52. The molecule has 0 saturated carbocycles. The predicted octanol–water partition coefficient (Wildman–Crippen LogP) is 0.275. The highest BCUT2D eigenvalue weighted by atomic mass is 32.2. The Balaban J connectivity index is 3.05. The minimum absolute atomic E-state index is 0.300. The van der Waals surface area contributed by atoms with Crippen LogP contribution in [0.5, 0.6) is 0 Å². The molecule has 0 unspecified atom stereocenters. The Kier molecular flexibility index (Phi) is 4.05. The second-order valence-corrected chi connectivity index (χ2v) is 7.70. The van der Waals surface area contributed by atoms with Crippen molar-refractivity contribution in [3.05, 3.63) is 0 Å². The van der Waals surface area contributed by atoms with Crippen LogP contribution < -0.4 is 0 Å². The fourth-order valence-electron chi connectivity index (χ4n) is 1.94. The molecule has 18 heavy (non-hydrogen) atoms. The number of amides is 1. The first kappa shape index (κ1) is 14.9. The van der Waals surface area contributed by atoms with Crippen LogP contribution in [-0.4, -0.2) is 53.9 Å². The third-order valence-electron chi connectivity index (χ3n) is 3.49. The molecule has 1 aliphatic heterocycles. The van der Waals surface area contributed by atoms with Gasteiger partial charge in [0.15, 0.2) is 9.84 Å². The number of carboxylic acid groups (broad SMARTS) is 1. The smallest absolute Gasteiger partial charge is 0.326 e. The summed E-state index contributed by atoms with van der Waals surface area (Å²) in [7, 11) is -3.58. The second kappa shape index (κ2) is 4.87. The van der Waals surface area contributed by atoms with Gasteiger partial charge in [-0.3, -0.25) is 4.79 Å². The van der Waals surface area contributed by atoms with E-state index < -0.39 is 32.5 Å². The topological polar surface area (TPSA) is 91.8 Å². The van der Waals surface area contributed by atoms with Crippen molar-refractivity contribution in [3.8, 4) is 0 Å². The average molecular weight is 277 g/mol. The minimum Gasteiger partial charge on any atom is -0.480 e. The summed E-state index contributed by atoms with van der Waals surface area (Å²) in [4.78, 5) is 24.6. The minimum atomic E-state index is -3.58. The lowest BCUT2D eigenvalue weighted by atomic mass is 10.00. The summed E-state index contributed by atoms with van der Waals surface area (Å²) in [5.74, 6) is -1.70. The molecule has 7 heteroatoms. The van der Waals surface area contributed by atoms with Gasteiger partial charge < -0.3 is 10.0 Å². The fourth-order valence-corrected chi connectivity index (χ4v) is 2.37. The molecule has 1 saturated heterocycles. The Morgan fingerprint density at radius 3 is 2.28 bits per heavy atom. The molecule has 0 bridgehead atoms. The van der Waals surface area contributed by atoms with Crippen LogP contribution in [-0.2, 0) is 19.4 Å². The van der Waals surface area contributed by atoms with Gasteiger partial charge in [-0.15, -0.1) is 0 Å². The van der Waals surface area contributed by atoms with Gasteiger partial charge in [0.25, 0.3) is 0 Å². The van der Waals surface area contributed by atoms with Crippen LogP contribution in [0.2, 0.25) is 0 Å². The lowest BCUT2D eigenvalue weighted by Gasteiger charge is -2.37. The Bertz CT molecular complexity index is 454. The summed E-state index contributed by atoms with van der Waals surface area (Å²) in [6.07, 6.45) is 2.81. The Morgan fingerprint density at radius 2 is 1.83 bits per heavy atom. The Hall–Kier alpha value is -1.11. The zero-order chi connectivity index (χ0) is 14.1. The summed E-state index contributed by atoms with van der Waals surface area (Å²) in [6.45, 7) is 2.94. The molecule has 6 nitrogen and oxygen atoms in total.